The molecule has 0 spiro atoms. The Hall–Kier alpha value is -3.74. The molecule has 3 aromatic carbocycles. The highest BCUT2D eigenvalue weighted by Gasteiger charge is 2.41. The molecule has 1 heterocycles. The number of aryl methyl sites for hydroxylation is 1. The monoisotopic (exact) mass is 533 g/mol. The average Bonchev–Trinajstić information content (AvgIpc) is 2.87. The highest BCUT2D eigenvalue weighted by atomic mass is 19.1. The van der Waals surface area contributed by atoms with E-state index in [0.29, 0.717) is 41.9 Å². The molecular weight excluding hydrogens is 496 g/mol. The van der Waals surface area contributed by atoms with Crippen LogP contribution in [-0.2, 0) is 10.2 Å². The average molecular weight is 534 g/mol. The minimum absolute atomic E-state index is 0.0215. The van der Waals surface area contributed by atoms with Crippen LogP contribution < -0.4 is 10.2 Å². The molecule has 1 N–H and O–H groups in total. The van der Waals surface area contributed by atoms with Crippen LogP contribution in [0.3, 0.4) is 0 Å². The number of rotatable bonds is 5. The third kappa shape index (κ3) is 5.97. The molecular formula is C32H37F2N3O2. The number of carbonyl (C=O) groups is 2. The minimum atomic E-state index is -0.762. The maximum Gasteiger partial charge on any atom is 0.257 e. The maximum atomic E-state index is 15.2. The predicted octanol–water partition coefficient (Wildman–Crippen LogP) is 6.87. The topological polar surface area (TPSA) is 52.7 Å². The van der Waals surface area contributed by atoms with Crippen molar-refractivity contribution in [3.63, 3.8) is 0 Å². The van der Waals surface area contributed by atoms with Gasteiger partial charge in [-0.25, -0.2) is 8.78 Å². The SMILES string of the molecule is Cc1cccc(F)c1C(=O)N1CCCC(C(=O)Nc2cccc(C(C)(C)C)c2)C1c1ccc(N(C)C)c(F)c1. The molecule has 1 saturated heterocycles. The molecule has 0 radical (unpaired) electrons. The van der Waals surface area contributed by atoms with Crippen molar-refractivity contribution in [1.29, 1.82) is 0 Å². The van der Waals surface area contributed by atoms with Crippen molar-refractivity contribution in [3.8, 4) is 0 Å². The van der Waals surface area contributed by atoms with E-state index in [1.807, 2.05) is 24.3 Å². The molecule has 0 aromatic heterocycles. The first-order valence-electron chi connectivity index (χ1n) is 13.3. The lowest BCUT2D eigenvalue weighted by molar-refractivity contribution is -0.123. The first-order valence-corrected chi connectivity index (χ1v) is 13.3. The van der Waals surface area contributed by atoms with Crippen LogP contribution in [0.1, 0.15) is 66.7 Å². The van der Waals surface area contributed by atoms with E-state index in [4.69, 9.17) is 0 Å². The van der Waals surface area contributed by atoms with Crippen molar-refractivity contribution in [1.82, 2.24) is 4.90 Å². The van der Waals surface area contributed by atoms with Crippen LogP contribution in [0.4, 0.5) is 20.2 Å². The van der Waals surface area contributed by atoms with Crippen LogP contribution >= 0.6 is 0 Å². The molecule has 1 fully saturated rings. The molecule has 4 rings (SSSR count). The standard InChI is InChI=1S/C32H37F2N3O2/c1-20-10-7-14-25(33)28(20)31(39)37-17-9-13-24(29(37)21-15-16-27(36(5)6)26(34)18-21)30(38)35-23-12-8-11-22(19-23)32(2,3)4/h7-8,10-12,14-16,18-19,24,29H,9,13,17H2,1-6H3,(H,35,38). The van der Waals surface area contributed by atoms with Gasteiger partial charge < -0.3 is 15.1 Å². The highest BCUT2D eigenvalue weighted by molar-refractivity contribution is 5.98. The van der Waals surface area contributed by atoms with E-state index in [9.17, 15) is 14.0 Å². The Bertz CT molecular complexity index is 1360. The van der Waals surface area contributed by atoms with Crippen LogP contribution in [0, 0.1) is 24.5 Å². The zero-order valence-corrected chi connectivity index (χ0v) is 23.5. The summed E-state index contributed by atoms with van der Waals surface area (Å²) in [6.45, 7) is 8.33. The van der Waals surface area contributed by atoms with Gasteiger partial charge in [0.1, 0.15) is 11.6 Å². The molecule has 2 amide bonds. The van der Waals surface area contributed by atoms with Crippen molar-refractivity contribution < 1.29 is 18.4 Å². The number of piperidine rings is 1. The van der Waals surface area contributed by atoms with E-state index < -0.39 is 29.5 Å². The smallest absolute Gasteiger partial charge is 0.257 e. The largest absolute Gasteiger partial charge is 0.375 e. The van der Waals surface area contributed by atoms with Crippen molar-refractivity contribution in [2.45, 2.75) is 52.0 Å². The lowest BCUT2D eigenvalue weighted by Crippen LogP contribution is -2.46. The molecule has 0 saturated carbocycles. The Labute approximate surface area is 229 Å². The first-order chi connectivity index (χ1) is 18.4. The van der Waals surface area contributed by atoms with Gasteiger partial charge in [-0.2, -0.15) is 0 Å². The summed E-state index contributed by atoms with van der Waals surface area (Å²) in [5, 5.41) is 3.04. The molecule has 0 aliphatic carbocycles. The number of hydrogen-bond acceptors (Lipinski definition) is 3. The number of nitrogens with zero attached hydrogens (tertiary/aromatic N) is 2. The number of amides is 2. The summed E-state index contributed by atoms with van der Waals surface area (Å²) in [5.74, 6) is -2.48. The lowest BCUT2D eigenvalue weighted by atomic mass is 9.83. The Kier molecular flexibility index (Phi) is 8.09. The van der Waals surface area contributed by atoms with Crippen LogP contribution in [0.2, 0.25) is 0 Å². The van der Waals surface area contributed by atoms with Crippen LogP contribution in [-0.4, -0.2) is 37.4 Å². The number of carbonyl (C=O) groups excluding carboxylic acids is 2. The summed E-state index contributed by atoms with van der Waals surface area (Å²) in [6, 6.07) is 16.3. The van der Waals surface area contributed by atoms with E-state index in [-0.39, 0.29) is 16.9 Å². The summed E-state index contributed by atoms with van der Waals surface area (Å²) < 4.78 is 30.0. The van der Waals surface area contributed by atoms with E-state index in [1.165, 1.54) is 17.0 Å². The summed E-state index contributed by atoms with van der Waals surface area (Å²) >= 11 is 0. The summed E-state index contributed by atoms with van der Waals surface area (Å²) in [6.07, 6.45) is 1.07. The minimum Gasteiger partial charge on any atom is -0.375 e. The Morgan fingerprint density at radius 3 is 2.33 bits per heavy atom. The van der Waals surface area contributed by atoms with Gasteiger partial charge in [-0.15, -0.1) is 0 Å². The van der Waals surface area contributed by atoms with Crippen LogP contribution in [0.5, 0.6) is 0 Å². The number of benzene rings is 3. The van der Waals surface area contributed by atoms with Crippen LogP contribution in [0.15, 0.2) is 60.7 Å². The Morgan fingerprint density at radius 2 is 1.69 bits per heavy atom. The number of likely N-dealkylation sites (tertiary alicyclic amines) is 1. The van der Waals surface area contributed by atoms with Gasteiger partial charge in [0.15, 0.2) is 0 Å². The second-order valence-corrected chi connectivity index (χ2v) is 11.5. The normalized spacial score (nSPS) is 17.6. The highest BCUT2D eigenvalue weighted by Crippen LogP contribution is 2.39. The van der Waals surface area contributed by atoms with Gasteiger partial charge in [0.2, 0.25) is 5.91 Å². The first kappa shape index (κ1) is 28.3. The van der Waals surface area contributed by atoms with Crippen LogP contribution in [0.25, 0.3) is 0 Å². The Balaban J connectivity index is 1.75. The molecule has 0 bridgehead atoms. The second kappa shape index (κ2) is 11.2. The fourth-order valence-corrected chi connectivity index (χ4v) is 5.32. The number of nitrogens with one attached hydrogen (secondary N) is 1. The van der Waals surface area contributed by atoms with Gasteiger partial charge in [0, 0.05) is 26.3 Å². The van der Waals surface area contributed by atoms with Gasteiger partial charge >= 0.3 is 0 Å². The van der Waals surface area contributed by atoms with E-state index in [2.05, 4.69) is 26.1 Å². The van der Waals surface area contributed by atoms with Crippen molar-refractivity contribution in [2.75, 3.05) is 30.9 Å². The van der Waals surface area contributed by atoms with Gasteiger partial charge in [-0.1, -0.05) is 51.1 Å². The third-order valence-corrected chi connectivity index (χ3v) is 7.46. The third-order valence-electron chi connectivity index (χ3n) is 7.46. The number of anilines is 2. The fourth-order valence-electron chi connectivity index (χ4n) is 5.32. The fraction of sp³-hybridized carbons (Fsp3) is 0.375. The number of halogens is 2. The Morgan fingerprint density at radius 1 is 0.974 bits per heavy atom. The zero-order chi connectivity index (χ0) is 28.5. The second-order valence-electron chi connectivity index (χ2n) is 11.5. The number of hydrogen-bond donors (Lipinski definition) is 1. The van der Waals surface area contributed by atoms with Gasteiger partial charge in [-0.05, 0) is 72.2 Å². The summed E-state index contributed by atoms with van der Waals surface area (Å²) in [5.41, 5.74) is 3.04. The molecule has 5 nitrogen and oxygen atoms in total. The molecule has 2 unspecified atom stereocenters. The lowest BCUT2D eigenvalue weighted by Gasteiger charge is -2.41. The van der Waals surface area contributed by atoms with Gasteiger partial charge in [0.25, 0.3) is 5.91 Å². The van der Waals surface area contributed by atoms with Gasteiger partial charge in [0.05, 0.1) is 23.2 Å². The maximum absolute atomic E-state index is 15.2. The van der Waals surface area contributed by atoms with Gasteiger partial charge in [-0.3, -0.25) is 9.59 Å². The summed E-state index contributed by atoms with van der Waals surface area (Å²) in [7, 11) is 3.49. The predicted molar refractivity (Wildman–Crippen MR) is 152 cm³/mol. The zero-order valence-electron chi connectivity index (χ0n) is 23.5. The molecule has 1 aliphatic heterocycles. The van der Waals surface area contributed by atoms with Crippen molar-refractivity contribution >= 4 is 23.2 Å². The van der Waals surface area contributed by atoms with Crippen molar-refractivity contribution in [2.24, 2.45) is 5.92 Å². The molecule has 3 aromatic rings. The molecule has 39 heavy (non-hydrogen) atoms. The van der Waals surface area contributed by atoms with E-state index in [0.717, 1.165) is 5.56 Å². The summed E-state index contributed by atoms with van der Waals surface area (Å²) in [4.78, 5) is 30.8. The molecule has 1 aliphatic rings. The van der Waals surface area contributed by atoms with Crippen molar-refractivity contribution in [3.05, 3.63) is 94.6 Å². The van der Waals surface area contributed by atoms with E-state index >= 15 is 4.39 Å². The molecule has 2 atom stereocenters. The molecule has 7 heteroatoms. The van der Waals surface area contributed by atoms with E-state index in [1.54, 1.807) is 50.2 Å². The molecule has 206 valence electrons. The quantitative estimate of drug-likeness (QED) is 0.389.